The van der Waals surface area contributed by atoms with E-state index in [-0.39, 0.29) is 12.3 Å². The average molecular weight is 302 g/mol. The zero-order valence-electron chi connectivity index (χ0n) is 12.0. The van der Waals surface area contributed by atoms with Crippen LogP contribution in [-0.2, 0) is 9.30 Å². The lowest BCUT2D eigenvalue weighted by Gasteiger charge is -2.28. The molecule has 0 spiro atoms. The number of rotatable bonds is 5. The molecule has 1 aliphatic heterocycles. The van der Waals surface area contributed by atoms with Gasteiger partial charge in [-0.2, -0.15) is 0 Å². The Bertz CT molecular complexity index is 605. The fourth-order valence-electron chi connectivity index (χ4n) is 2.63. The molecule has 21 heavy (non-hydrogen) atoms. The Kier molecular flexibility index (Phi) is 3.75. The van der Waals surface area contributed by atoms with Crippen LogP contribution in [0.1, 0.15) is 6.92 Å². The van der Waals surface area contributed by atoms with Crippen molar-refractivity contribution in [1.82, 2.24) is 0 Å². The second-order valence-electron chi connectivity index (χ2n) is 5.75. The Morgan fingerprint density at radius 3 is 1.90 bits per heavy atom. The van der Waals surface area contributed by atoms with Gasteiger partial charge in [0.05, 0.1) is 12.2 Å². The van der Waals surface area contributed by atoms with E-state index in [2.05, 4.69) is 0 Å². The van der Waals surface area contributed by atoms with Gasteiger partial charge in [-0.05, 0) is 6.92 Å². The minimum Gasteiger partial charge on any atom is -0.387 e. The standard InChI is InChI=1S/C17H19O3P/c1-17(18,16-12-20-16)13-21(19,14-8-4-2-5-9-14)15-10-6-3-7-11-15/h2-11,16,18H,12-13H2,1H3/t16-,17+/m0/s1. The molecule has 1 N–H and O–H groups in total. The summed E-state index contributed by atoms with van der Waals surface area (Å²) in [6.45, 7) is 2.25. The molecule has 0 unspecified atom stereocenters. The summed E-state index contributed by atoms with van der Waals surface area (Å²) >= 11 is 0. The van der Waals surface area contributed by atoms with Crippen LogP contribution >= 0.6 is 7.14 Å². The van der Waals surface area contributed by atoms with E-state index in [0.717, 1.165) is 10.6 Å². The normalized spacial score (nSPS) is 20.8. The predicted octanol–water partition coefficient (Wildman–Crippen LogP) is 2.15. The first-order chi connectivity index (χ1) is 10.0. The van der Waals surface area contributed by atoms with Crippen molar-refractivity contribution >= 4 is 17.8 Å². The molecule has 1 aliphatic rings. The Labute approximate surface area is 125 Å². The summed E-state index contributed by atoms with van der Waals surface area (Å²) in [5.41, 5.74) is -1.08. The van der Waals surface area contributed by atoms with Gasteiger partial charge in [0.25, 0.3) is 0 Å². The van der Waals surface area contributed by atoms with E-state index >= 15 is 0 Å². The second-order valence-corrected chi connectivity index (χ2v) is 8.58. The third kappa shape index (κ3) is 2.96. The van der Waals surface area contributed by atoms with Gasteiger partial charge in [0, 0.05) is 16.8 Å². The molecule has 0 aromatic heterocycles. The largest absolute Gasteiger partial charge is 0.387 e. The lowest BCUT2D eigenvalue weighted by Crippen LogP contribution is -2.39. The highest BCUT2D eigenvalue weighted by atomic mass is 31.2. The van der Waals surface area contributed by atoms with Crippen LogP contribution < -0.4 is 10.6 Å². The first-order valence-corrected chi connectivity index (χ1v) is 8.96. The van der Waals surface area contributed by atoms with Crippen molar-refractivity contribution in [1.29, 1.82) is 0 Å². The molecule has 2 aromatic carbocycles. The highest BCUT2D eigenvalue weighted by molar-refractivity contribution is 7.78. The number of aliphatic hydroxyl groups is 1. The maximum absolute atomic E-state index is 13.7. The number of epoxide rings is 1. The van der Waals surface area contributed by atoms with Crippen LogP contribution in [0.5, 0.6) is 0 Å². The highest BCUT2D eigenvalue weighted by Gasteiger charge is 2.47. The molecule has 0 radical (unpaired) electrons. The lowest BCUT2D eigenvalue weighted by atomic mass is 10.1. The number of hydrogen-bond acceptors (Lipinski definition) is 3. The van der Waals surface area contributed by atoms with Crippen LogP contribution in [0.25, 0.3) is 0 Å². The molecule has 110 valence electrons. The lowest BCUT2D eigenvalue weighted by molar-refractivity contribution is 0.0513. The molecule has 0 saturated carbocycles. The van der Waals surface area contributed by atoms with Gasteiger partial charge in [-0.3, -0.25) is 0 Å². The van der Waals surface area contributed by atoms with E-state index in [9.17, 15) is 9.67 Å². The molecule has 2 atom stereocenters. The summed E-state index contributed by atoms with van der Waals surface area (Å²) in [7, 11) is -2.89. The number of hydrogen-bond donors (Lipinski definition) is 1. The summed E-state index contributed by atoms with van der Waals surface area (Å²) < 4.78 is 19.0. The van der Waals surface area contributed by atoms with Gasteiger partial charge < -0.3 is 14.4 Å². The first-order valence-electron chi connectivity index (χ1n) is 7.07. The fourth-order valence-corrected chi connectivity index (χ4v) is 5.71. The topological polar surface area (TPSA) is 49.8 Å². The maximum atomic E-state index is 13.7. The molecule has 0 bridgehead atoms. The Morgan fingerprint density at radius 1 is 1.10 bits per heavy atom. The van der Waals surface area contributed by atoms with E-state index in [1.165, 1.54) is 0 Å². The third-order valence-electron chi connectivity index (χ3n) is 3.92. The van der Waals surface area contributed by atoms with Gasteiger partial charge in [-0.15, -0.1) is 0 Å². The van der Waals surface area contributed by atoms with Gasteiger partial charge in [0.2, 0.25) is 0 Å². The van der Waals surface area contributed by atoms with E-state index < -0.39 is 12.7 Å². The highest BCUT2D eigenvalue weighted by Crippen LogP contribution is 2.48. The Balaban J connectivity index is 2.05. The summed E-state index contributed by atoms with van der Waals surface area (Å²) in [6.07, 6.45) is -0.0168. The van der Waals surface area contributed by atoms with Crippen LogP contribution in [0.15, 0.2) is 60.7 Å². The third-order valence-corrected chi connectivity index (χ3v) is 7.27. The van der Waals surface area contributed by atoms with E-state index in [1.807, 2.05) is 60.7 Å². The van der Waals surface area contributed by atoms with Gasteiger partial charge in [-0.1, -0.05) is 60.7 Å². The van der Waals surface area contributed by atoms with Gasteiger partial charge >= 0.3 is 0 Å². The zero-order valence-corrected chi connectivity index (χ0v) is 12.9. The molecular formula is C17H19O3P. The predicted molar refractivity (Wildman–Crippen MR) is 85.0 cm³/mol. The zero-order chi connectivity index (χ0) is 14.9. The van der Waals surface area contributed by atoms with Crippen LogP contribution in [-0.4, -0.2) is 29.6 Å². The van der Waals surface area contributed by atoms with Crippen molar-refractivity contribution in [2.75, 3.05) is 12.8 Å². The molecule has 4 heteroatoms. The van der Waals surface area contributed by atoms with Gasteiger partial charge in [0.15, 0.2) is 0 Å². The van der Waals surface area contributed by atoms with Crippen LogP contribution in [0.3, 0.4) is 0 Å². The van der Waals surface area contributed by atoms with Crippen molar-refractivity contribution in [3.8, 4) is 0 Å². The SMILES string of the molecule is C[C@@](O)(CP(=O)(c1ccccc1)c1ccccc1)[C@@H]1CO1. The molecule has 2 aromatic rings. The van der Waals surface area contributed by atoms with Crippen molar-refractivity contribution in [3.63, 3.8) is 0 Å². The van der Waals surface area contributed by atoms with Gasteiger partial charge in [0.1, 0.15) is 13.2 Å². The Morgan fingerprint density at radius 2 is 1.52 bits per heavy atom. The summed E-state index contributed by atoms with van der Waals surface area (Å²) in [5.74, 6) is 0. The monoisotopic (exact) mass is 302 g/mol. The molecular weight excluding hydrogens is 283 g/mol. The van der Waals surface area contributed by atoms with Crippen molar-refractivity contribution < 1.29 is 14.4 Å². The minimum absolute atomic E-state index is 0.193. The van der Waals surface area contributed by atoms with E-state index in [1.54, 1.807) is 6.92 Å². The van der Waals surface area contributed by atoms with Crippen molar-refractivity contribution in [2.24, 2.45) is 0 Å². The summed E-state index contributed by atoms with van der Waals surface area (Å²) in [5, 5.41) is 12.2. The van der Waals surface area contributed by atoms with E-state index in [0.29, 0.717) is 6.61 Å². The molecule has 3 nitrogen and oxygen atoms in total. The van der Waals surface area contributed by atoms with Crippen LogP contribution in [0.2, 0.25) is 0 Å². The van der Waals surface area contributed by atoms with Gasteiger partial charge in [-0.25, -0.2) is 0 Å². The smallest absolute Gasteiger partial charge is 0.146 e. The summed E-state index contributed by atoms with van der Waals surface area (Å²) in [4.78, 5) is 0. The van der Waals surface area contributed by atoms with Crippen molar-refractivity contribution in [2.45, 2.75) is 18.6 Å². The first kappa shape index (κ1) is 14.5. The molecule has 1 heterocycles. The minimum atomic E-state index is -2.89. The van der Waals surface area contributed by atoms with Crippen molar-refractivity contribution in [3.05, 3.63) is 60.7 Å². The fraction of sp³-hybridized carbons (Fsp3) is 0.294. The quantitative estimate of drug-likeness (QED) is 0.680. The summed E-state index contributed by atoms with van der Waals surface area (Å²) in [6, 6.07) is 18.8. The molecule has 1 saturated heterocycles. The van der Waals surface area contributed by atoms with Crippen LogP contribution in [0.4, 0.5) is 0 Å². The number of ether oxygens (including phenoxy) is 1. The molecule has 1 fully saturated rings. The molecule has 3 rings (SSSR count). The second kappa shape index (κ2) is 5.42. The maximum Gasteiger partial charge on any atom is 0.146 e. The van der Waals surface area contributed by atoms with Crippen LogP contribution in [0, 0.1) is 0 Å². The Hall–Kier alpha value is -1.41. The number of benzene rings is 2. The van der Waals surface area contributed by atoms with E-state index in [4.69, 9.17) is 4.74 Å². The molecule has 0 aliphatic carbocycles. The molecule has 0 amide bonds. The average Bonchev–Trinajstić information content (AvgIpc) is 3.34.